The van der Waals surface area contributed by atoms with Crippen LogP contribution in [0.2, 0.25) is 0 Å². The molecule has 0 N–H and O–H groups in total. The molecule has 5 aliphatic rings. The molecule has 0 saturated carbocycles. The lowest BCUT2D eigenvalue weighted by Crippen LogP contribution is -2.74. The normalized spacial score (nSPS) is 27.5. The lowest BCUT2D eigenvalue weighted by atomic mass is 9.67. The Balaban J connectivity index is 1.36. The van der Waals surface area contributed by atoms with Gasteiger partial charge in [-0.15, -0.1) is 0 Å². The number of nitriles is 1. The van der Waals surface area contributed by atoms with E-state index in [4.69, 9.17) is 14.2 Å². The van der Waals surface area contributed by atoms with E-state index in [-0.39, 0.29) is 70.2 Å². The van der Waals surface area contributed by atoms with Crippen molar-refractivity contribution < 1.29 is 38.2 Å². The maximum atomic E-state index is 14.1. The lowest BCUT2D eigenvalue weighted by Gasteiger charge is -2.60. The Hall–Kier alpha value is -5.25. The average molecular weight is 649 g/mol. The molecule has 12 heteroatoms. The van der Waals surface area contributed by atoms with Crippen LogP contribution in [-0.4, -0.2) is 102 Å². The molecular weight excluding hydrogens is 616 g/mol. The molecular formula is C36H32N4O8. The first kappa shape index (κ1) is 31.4. The number of allylic oxidation sites excluding steroid dienone is 4. The third kappa shape index (κ3) is 4.27. The van der Waals surface area contributed by atoms with E-state index in [1.807, 2.05) is 9.80 Å². The SMILES string of the molecule is COC1=C(C)C(=O)C2=C(C1=O)[C@@H]1[C@@H]3CC4=C(C(=O)C(OC)=C(C)C4=O)[C@H](COC(=O)c4ccnc5ccccc45)N3[C@@H](C#N)[C@H](C2)N1C. The predicted molar refractivity (Wildman–Crippen MR) is 169 cm³/mol. The largest absolute Gasteiger partial charge is 0.492 e. The molecule has 0 spiro atoms. The molecule has 4 heterocycles. The molecule has 1 aromatic carbocycles. The minimum atomic E-state index is -1.04. The molecule has 48 heavy (non-hydrogen) atoms. The minimum absolute atomic E-state index is 0.0108. The van der Waals surface area contributed by atoms with Crippen molar-refractivity contribution in [3.8, 4) is 6.07 Å². The summed E-state index contributed by atoms with van der Waals surface area (Å²) in [7, 11) is 4.45. The van der Waals surface area contributed by atoms with Gasteiger partial charge in [0.1, 0.15) is 12.6 Å². The van der Waals surface area contributed by atoms with Crippen molar-refractivity contribution in [2.75, 3.05) is 27.9 Å². The van der Waals surface area contributed by atoms with Gasteiger partial charge in [-0.3, -0.25) is 34.0 Å². The lowest BCUT2D eigenvalue weighted by molar-refractivity contribution is -0.126. The average Bonchev–Trinajstić information content (AvgIpc) is 3.08. The Labute approximate surface area is 275 Å². The van der Waals surface area contributed by atoms with Crippen LogP contribution in [0.3, 0.4) is 0 Å². The number of piperazine rings is 1. The van der Waals surface area contributed by atoms with Crippen molar-refractivity contribution in [2.45, 2.75) is 56.9 Å². The molecule has 7 rings (SSSR count). The molecule has 0 radical (unpaired) electrons. The van der Waals surface area contributed by atoms with Crippen LogP contribution in [0.15, 0.2) is 81.5 Å². The predicted octanol–water partition coefficient (Wildman–Crippen LogP) is 2.55. The van der Waals surface area contributed by atoms with E-state index in [9.17, 15) is 29.2 Å². The molecule has 1 saturated heterocycles. The van der Waals surface area contributed by atoms with Gasteiger partial charge in [-0.25, -0.2) is 4.79 Å². The van der Waals surface area contributed by atoms with Crippen molar-refractivity contribution in [3.05, 3.63) is 87.0 Å². The third-order valence-corrected chi connectivity index (χ3v) is 10.5. The zero-order valence-corrected chi connectivity index (χ0v) is 27.0. The van der Waals surface area contributed by atoms with Gasteiger partial charge < -0.3 is 14.2 Å². The molecule has 1 aromatic heterocycles. The number of aromatic nitrogens is 1. The molecule has 0 unspecified atom stereocenters. The van der Waals surface area contributed by atoms with Crippen molar-refractivity contribution >= 4 is 40.0 Å². The summed E-state index contributed by atoms with van der Waals surface area (Å²) in [6, 6.07) is 7.11. The molecule has 5 atom stereocenters. The fourth-order valence-electron chi connectivity index (χ4n) is 8.28. The molecule has 244 valence electrons. The van der Waals surface area contributed by atoms with E-state index in [1.165, 1.54) is 27.3 Å². The van der Waals surface area contributed by atoms with Crippen molar-refractivity contribution in [3.63, 3.8) is 0 Å². The van der Waals surface area contributed by atoms with Gasteiger partial charge in [0.15, 0.2) is 23.1 Å². The second-order valence-electron chi connectivity index (χ2n) is 12.6. The second-order valence-corrected chi connectivity index (χ2v) is 12.6. The summed E-state index contributed by atoms with van der Waals surface area (Å²) in [5.41, 5.74) is 2.11. The molecule has 1 fully saturated rings. The smallest absolute Gasteiger partial charge is 0.338 e. The maximum absolute atomic E-state index is 14.1. The fourth-order valence-corrected chi connectivity index (χ4v) is 8.28. The van der Waals surface area contributed by atoms with Gasteiger partial charge in [-0.1, -0.05) is 18.2 Å². The molecule has 2 aliphatic carbocycles. The number of carbonyl (C=O) groups is 5. The number of likely N-dealkylation sites (N-methyl/N-ethyl adjacent to an activating group) is 1. The zero-order valence-electron chi connectivity index (χ0n) is 27.0. The Kier molecular flexibility index (Phi) is 7.49. The van der Waals surface area contributed by atoms with Crippen LogP contribution in [0, 0.1) is 11.3 Å². The number of pyridine rings is 1. The first-order valence-corrected chi connectivity index (χ1v) is 15.6. The van der Waals surface area contributed by atoms with Crippen LogP contribution in [0.5, 0.6) is 0 Å². The van der Waals surface area contributed by atoms with Gasteiger partial charge in [0.05, 0.1) is 43.5 Å². The van der Waals surface area contributed by atoms with Gasteiger partial charge in [0, 0.05) is 57.1 Å². The van der Waals surface area contributed by atoms with Gasteiger partial charge >= 0.3 is 5.97 Å². The number of rotatable bonds is 5. The van der Waals surface area contributed by atoms with Crippen LogP contribution in [0.1, 0.15) is 37.0 Å². The highest BCUT2D eigenvalue weighted by atomic mass is 16.5. The monoisotopic (exact) mass is 648 g/mol. The maximum Gasteiger partial charge on any atom is 0.338 e. The highest BCUT2D eigenvalue weighted by molar-refractivity contribution is 6.26. The molecule has 2 aromatic rings. The first-order chi connectivity index (χ1) is 23.0. The number of Topliss-reactive ketones (excluding diaryl/α,β-unsaturated/α-hetero) is 4. The summed E-state index contributed by atoms with van der Waals surface area (Å²) in [5.74, 6) is -2.49. The van der Waals surface area contributed by atoms with E-state index < -0.39 is 53.5 Å². The van der Waals surface area contributed by atoms with Crippen molar-refractivity contribution in [2.24, 2.45) is 0 Å². The summed E-state index contributed by atoms with van der Waals surface area (Å²) in [6.45, 7) is 2.69. The van der Waals surface area contributed by atoms with Gasteiger partial charge in [0.25, 0.3) is 0 Å². The highest BCUT2D eigenvalue weighted by Gasteiger charge is 2.60. The number of nitrogens with zero attached hydrogens (tertiary/aromatic N) is 4. The van der Waals surface area contributed by atoms with Crippen molar-refractivity contribution in [1.82, 2.24) is 14.8 Å². The summed E-state index contributed by atoms with van der Waals surface area (Å²) in [5, 5.41) is 11.3. The molecule has 12 nitrogen and oxygen atoms in total. The Morgan fingerprint density at radius 2 is 1.50 bits per heavy atom. The number of ether oxygens (including phenoxy) is 3. The Bertz CT molecular complexity index is 2040. The Morgan fingerprint density at radius 1 is 0.896 bits per heavy atom. The number of carbonyl (C=O) groups excluding carboxylic acids is 5. The van der Waals surface area contributed by atoms with Crippen LogP contribution in [0.25, 0.3) is 10.9 Å². The highest BCUT2D eigenvalue weighted by Crippen LogP contribution is 2.49. The number of para-hydroxylation sites is 1. The quantitative estimate of drug-likeness (QED) is 0.346. The van der Waals surface area contributed by atoms with E-state index in [0.29, 0.717) is 16.5 Å². The van der Waals surface area contributed by atoms with Gasteiger partial charge in [0.2, 0.25) is 11.6 Å². The summed E-state index contributed by atoms with van der Waals surface area (Å²) < 4.78 is 16.7. The zero-order chi connectivity index (χ0) is 34.2. The fraction of sp³-hybridized carbons (Fsp3) is 0.361. The number of ketones is 4. The summed E-state index contributed by atoms with van der Waals surface area (Å²) >= 11 is 0. The van der Waals surface area contributed by atoms with Crippen LogP contribution in [-0.2, 0) is 33.4 Å². The molecule has 0 amide bonds. The van der Waals surface area contributed by atoms with E-state index in [1.54, 1.807) is 44.3 Å². The minimum Gasteiger partial charge on any atom is -0.492 e. The number of esters is 1. The first-order valence-electron chi connectivity index (χ1n) is 15.6. The number of hydrogen-bond donors (Lipinski definition) is 0. The van der Waals surface area contributed by atoms with Gasteiger partial charge in [-0.05, 0) is 45.9 Å². The van der Waals surface area contributed by atoms with E-state index in [0.717, 1.165) is 0 Å². The number of fused-ring (bicyclic) bond motifs is 6. The van der Waals surface area contributed by atoms with E-state index >= 15 is 0 Å². The van der Waals surface area contributed by atoms with Crippen LogP contribution in [0.4, 0.5) is 0 Å². The van der Waals surface area contributed by atoms with E-state index in [2.05, 4.69) is 11.1 Å². The van der Waals surface area contributed by atoms with Crippen LogP contribution < -0.4 is 0 Å². The topological polar surface area (TPSA) is 156 Å². The van der Waals surface area contributed by atoms with Gasteiger partial charge in [-0.2, -0.15) is 5.26 Å². The molecule has 2 bridgehead atoms. The van der Waals surface area contributed by atoms with Crippen LogP contribution >= 0.6 is 0 Å². The Morgan fingerprint density at radius 3 is 2.15 bits per heavy atom. The van der Waals surface area contributed by atoms with Crippen molar-refractivity contribution in [1.29, 1.82) is 5.26 Å². The number of methoxy groups -OCH3 is 2. The summed E-state index contributed by atoms with van der Waals surface area (Å²) in [4.78, 5) is 77.3. The standard InChI is InChI=1S/C36H32N4O8/c1-16-30(41)20-13-24-29-28-21(31(42)17(2)35(47-5)33(28)44)12-23(39(29)3)25(14-37)40(24)26(27(20)32(43)34(16)46-4)15-48-36(45)19-10-11-38-22-9-7-6-8-18(19)22/h6-11,23-26,29H,12-13,15H2,1-5H3/t23-,24-,25-,26-,29-/m0/s1. The summed E-state index contributed by atoms with van der Waals surface area (Å²) in [6.07, 6.45) is 1.62. The third-order valence-electron chi connectivity index (χ3n) is 10.5. The molecule has 3 aliphatic heterocycles. The number of benzene rings is 1. The number of hydrogen-bond acceptors (Lipinski definition) is 12. The second kappa shape index (κ2) is 11.5.